The Morgan fingerprint density at radius 1 is 1.24 bits per heavy atom. The van der Waals surface area contributed by atoms with Gasteiger partial charge in [0.25, 0.3) is 0 Å². The lowest BCUT2D eigenvalue weighted by molar-refractivity contribution is 0.414. The maximum atomic E-state index is 10.0. The summed E-state index contributed by atoms with van der Waals surface area (Å²) in [6.07, 6.45) is 1.95. The lowest BCUT2D eigenvalue weighted by Crippen LogP contribution is -2.33. The summed E-state index contributed by atoms with van der Waals surface area (Å²) in [6, 6.07) is 10.3. The Labute approximate surface area is 130 Å². The standard InChI is InChI=1S/C17H17NO2.ClH/c1-20-15-4-2-3-10-8-14-16-11(5-6-18-14)7-12(19)9-13(16)17(10)15;/h2-4,7,9,14,18-19H,5-6,8H2,1H3;1H. The van der Waals surface area contributed by atoms with E-state index >= 15 is 0 Å². The molecule has 1 atom stereocenters. The Bertz CT molecular complexity index is 699. The minimum atomic E-state index is 0. The molecule has 2 aromatic carbocycles. The van der Waals surface area contributed by atoms with Gasteiger partial charge in [-0.25, -0.2) is 0 Å². The van der Waals surface area contributed by atoms with Crippen molar-refractivity contribution in [1.29, 1.82) is 0 Å². The predicted molar refractivity (Wildman–Crippen MR) is 85.5 cm³/mol. The van der Waals surface area contributed by atoms with Gasteiger partial charge >= 0.3 is 0 Å². The number of ether oxygens (including phenoxy) is 1. The number of halogens is 1. The first-order valence-electron chi connectivity index (χ1n) is 7.03. The van der Waals surface area contributed by atoms with Crippen LogP contribution in [0.4, 0.5) is 0 Å². The summed E-state index contributed by atoms with van der Waals surface area (Å²) in [4.78, 5) is 0. The predicted octanol–water partition coefficient (Wildman–Crippen LogP) is 3.23. The van der Waals surface area contributed by atoms with Crippen molar-refractivity contribution in [2.45, 2.75) is 18.9 Å². The van der Waals surface area contributed by atoms with E-state index in [1.165, 1.54) is 16.7 Å². The molecule has 0 saturated heterocycles. The molecule has 110 valence electrons. The number of hydrogen-bond acceptors (Lipinski definition) is 3. The third-order valence-corrected chi connectivity index (χ3v) is 4.41. The minimum Gasteiger partial charge on any atom is -0.508 e. The molecule has 21 heavy (non-hydrogen) atoms. The molecule has 3 nitrogen and oxygen atoms in total. The lowest BCUT2D eigenvalue weighted by Gasteiger charge is -2.35. The average molecular weight is 304 g/mol. The third kappa shape index (κ3) is 2.08. The zero-order valence-electron chi connectivity index (χ0n) is 11.8. The number of phenolic OH excluding ortho intramolecular Hbond substituents is 1. The molecule has 0 spiro atoms. The van der Waals surface area contributed by atoms with Crippen molar-refractivity contribution in [2.24, 2.45) is 0 Å². The van der Waals surface area contributed by atoms with Crippen LogP contribution in [-0.4, -0.2) is 18.8 Å². The first-order valence-corrected chi connectivity index (χ1v) is 7.03. The fraction of sp³-hybridized carbons (Fsp3) is 0.294. The molecule has 4 heteroatoms. The van der Waals surface area contributed by atoms with Crippen LogP contribution in [-0.2, 0) is 12.8 Å². The van der Waals surface area contributed by atoms with Gasteiger partial charge in [0, 0.05) is 11.6 Å². The van der Waals surface area contributed by atoms with Crippen LogP contribution in [0.25, 0.3) is 11.1 Å². The molecular weight excluding hydrogens is 286 g/mol. The third-order valence-electron chi connectivity index (χ3n) is 4.41. The van der Waals surface area contributed by atoms with Crippen molar-refractivity contribution in [3.63, 3.8) is 0 Å². The second-order valence-electron chi connectivity index (χ2n) is 5.52. The van der Waals surface area contributed by atoms with Crippen LogP contribution in [0.5, 0.6) is 11.5 Å². The Hall–Kier alpha value is -1.71. The number of phenols is 1. The SMILES string of the molecule is COc1cccc2c1-c1cc(O)cc3c1C(C2)NCC3.Cl. The first kappa shape index (κ1) is 14.2. The van der Waals surface area contributed by atoms with Gasteiger partial charge < -0.3 is 15.2 Å². The van der Waals surface area contributed by atoms with E-state index in [2.05, 4.69) is 11.4 Å². The largest absolute Gasteiger partial charge is 0.508 e. The first-order chi connectivity index (χ1) is 9.78. The van der Waals surface area contributed by atoms with E-state index in [1.54, 1.807) is 7.11 Å². The van der Waals surface area contributed by atoms with Gasteiger partial charge in [0.15, 0.2) is 0 Å². The number of methoxy groups -OCH3 is 1. The van der Waals surface area contributed by atoms with Gasteiger partial charge in [-0.2, -0.15) is 0 Å². The molecule has 2 aromatic rings. The van der Waals surface area contributed by atoms with Crippen molar-refractivity contribution in [3.8, 4) is 22.6 Å². The maximum Gasteiger partial charge on any atom is 0.126 e. The normalized spacial score (nSPS) is 18.2. The van der Waals surface area contributed by atoms with E-state index in [1.807, 2.05) is 24.3 Å². The molecule has 2 aliphatic rings. The topological polar surface area (TPSA) is 41.5 Å². The average Bonchev–Trinajstić information content (AvgIpc) is 2.46. The Kier molecular flexibility index (Phi) is 3.56. The molecule has 0 aromatic heterocycles. The quantitative estimate of drug-likeness (QED) is 0.850. The van der Waals surface area contributed by atoms with Crippen molar-refractivity contribution in [1.82, 2.24) is 5.32 Å². The highest BCUT2D eigenvalue weighted by Gasteiger charge is 2.31. The van der Waals surface area contributed by atoms with Gasteiger partial charge in [-0.15, -0.1) is 12.4 Å². The molecule has 1 unspecified atom stereocenters. The minimum absolute atomic E-state index is 0. The molecule has 1 aliphatic heterocycles. The van der Waals surface area contributed by atoms with Gasteiger partial charge in [-0.3, -0.25) is 0 Å². The number of nitrogens with one attached hydrogen (secondary N) is 1. The van der Waals surface area contributed by atoms with Gasteiger partial charge in [0.2, 0.25) is 0 Å². The molecular formula is C17H18ClNO2. The molecule has 0 radical (unpaired) electrons. The Balaban J connectivity index is 0.00000132. The van der Waals surface area contributed by atoms with E-state index in [0.717, 1.165) is 36.3 Å². The summed E-state index contributed by atoms with van der Waals surface area (Å²) >= 11 is 0. The number of hydrogen-bond donors (Lipinski definition) is 2. The Morgan fingerprint density at radius 3 is 2.90 bits per heavy atom. The van der Waals surface area contributed by atoms with Crippen LogP contribution in [0, 0.1) is 0 Å². The molecule has 0 amide bonds. The summed E-state index contributed by atoms with van der Waals surface area (Å²) in [5, 5.41) is 13.6. The van der Waals surface area contributed by atoms with Crippen LogP contribution in [0.15, 0.2) is 30.3 Å². The van der Waals surface area contributed by atoms with E-state index in [4.69, 9.17) is 4.74 Å². The van der Waals surface area contributed by atoms with Gasteiger partial charge in [0.1, 0.15) is 11.5 Å². The molecule has 0 saturated carbocycles. The zero-order valence-corrected chi connectivity index (χ0v) is 12.7. The van der Waals surface area contributed by atoms with Crippen molar-refractivity contribution < 1.29 is 9.84 Å². The van der Waals surface area contributed by atoms with Gasteiger partial charge in [-0.1, -0.05) is 12.1 Å². The van der Waals surface area contributed by atoms with Crippen LogP contribution < -0.4 is 10.1 Å². The van der Waals surface area contributed by atoms with E-state index < -0.39 is 0 Å². The fourth-order valence-corrected chi connectivity index (χ4v) is 3.62. The summed E-state index contributed by atoms with van der Waals surface area (Å²) in [6.45, 7) is 0.972. The van der Waals surface area contributed by atoms with E-state index in [9.17, 15) is 5.11 Å². The summed E-state index contributed by atoms with van der Waals surface area (Å²) in [5.41, 5.74) is 6.15. The molecule has 1 aliphatic carbocycles. The second-order valence-corrected chi connectivity index (χ2v) is 5.52. The molecule has 4 rings (SSSR count). The second kappa shape index (κ2) is 5.24. The maximum absolute atomic E-state index is 10.0. The highest BCUT2D eigenvalue weighted by molar-refractivity contribution is 5.85. The van der Waals surface area contributed by atoms with Crippen molar-refractivity contribution >= 4 is 12.4 Å². The summed E-state index contributed by atoms with van der Waals surface area (Å²) < 4.78 is 5.53. The zero-order chi connectivity index (χ0) is 13.7. The number of fused-ring (bicyclic) bond motifs is 2. The van der Waals surface area contributed by atoms with Gasteiger partial charge in [-0.05, 0) is 59.8 Å². The lowest BCUT2D eigenvalue weighted by atomic mass is 9.77. The summed E-state index contributed by atoms with van der Waals surface area (Å²) in [5.74, 6) is 1.23. The highest BCUT2D eigenvalue weighted by atomic mass is 35.5. The van der Waals surface area contributed by atoms with Crippen molar-refractivity contribution in [3.05, 3.63) is 47.0 Å². The fourth-order valence-electron chi connectivity index (χ4n) is 3.62. The molecule has 0 bridgehead atoms. The monoisotopic (exact) mass is 303 g/mol. The van der Waals surface area contributed by atoms with Crippen molar-refractivity contribution in [2.75, 3.05) is 13.7 Å². The van der Waals surface area contributed by atoms with Crippen LogP contribution in [0.1, 0.15) is 22.7 Å². The van der Waals surface area contributed by atoms with Gasteiger partial charge in [0.05, 0.1) is 7.11 Å². The Morgan fingerprint density at radius 2 is 2.10 bits per heavy atom. The number of aromatic hydroxyl groups is 1. The number of rotatable bonds is 1. The van der Waals surface area contributed by atoms with Crippen LogP contribution in [0.3, 0.4) is 0 Å². The van der Waals surface area contributed by atoms with E-state index in [-0.39, 0.29) is 12.4 Å². The van der Waals surface area contributed by atoms with E-state index in [0.29, 0.717) is 11.8 Å². The highest BCUT2D eigenvalue weighted by Crippen LogP contribution is 2.47. The van der Waals surface area contributed by atoms with Crippen LogP contribution >= 0.6 is 12.4 Å². The molecule has 1 heterocycles. The molecule has 0 fully saturated rings. The number of benzene rings is 2. The smallest absolute Gasteiger partial charge is 0.126 e. The molecule has 2 N–H and O–H groups in total. The summed E-state index contributed by atoms with van der Waals surface area (Å²) in [7, 11) is 1.70. The van der Waals surface area contributed by atoms with Crippen LogP contribution in [0.2, 0.25) is 0 Å².